The van der Waals surface area contributed by atoms with Crippen LogP contribution >= 0.6 is 0 Å². The third-order valence-corrected chi connectivity index (χ3v) is 2.90. The van der Waals surface area contributed by atoms with Gasteiger partial charge >= 0.3 is 0 Å². The first kappa shape index (κ1) is 15.5. The van der Waals surface area contributed by atoms with E-state index in [-0.39, 0.29) is 0 Å². The fourth-order valence-corrected chi connectivity index (χ4v) is 1.93. The number of aromatic nitrogens is 3. The molecule has 19 heavy (non-hydrogen) atoms. The minimum absolute atomic E-state index is 0.305. The first-order valence-electron chi connectivity index (χ1n) is 6.96. The average Bonchev–Trinajstić information content (AvgIpc) is 2.78. The number of hydrogen-bond acceptors (Lipinski definition) is 3. The monoisotopic (exact) mass is 263 g/mol. The quantitative estimate of drug-likeness (QED) is 0.834. The molecule has 0 aliphatic rings. The lowest BCUT2D eigenvalue weighted by atomic mass is 10.1. The number of fused-ring (bicyclic) bond motifs is 1. The zero-order chi connectivity index (χ0) is 14.6. The Balaban J connectivity index is 0.000000861. The van der Waals surface area contributed by atoms with Crippen molar-refractivity contribution in [3.8, 4) is 6.01 Å². The summed E-state index contributed by atoms with van der Waals surface area (Å²) in [5.74, 6) is 0.466. The summed E-state index contributed by atoms with van der Waals surface area (Å²) in [7, 11) is 1.64. The topological polar surface area (TPSA) is 39.9 Å². The standard InChI is InChI=1S/C13H19N3O.C2H6/c1-8(2)10-6-11-12(14-7-10)15-13(17-5)16(11)9(3)4;1-2/h6-9H,1-5H3;1-2H3. The van der Waals surface area contributed by atoms with Crippen LogP contribution in [0.3, 0.4) is 0 Å². The van der Waals surface area contributed by atoms with Gasteiger partial charge < -0.3 is 4.74 Å². The van der Waals surface area contributed by atoms with E-state index in [0.717, 1.165) is 11.2 Å². The molecule has 0 fully saturated rings. The van der Waals surface area contributed by atoms with Crippen LogP contribution in [0.4, 0.5) is 0 Å². The third kappa shape index (κ3) is 3.06. The molecule has 0 amide bonds. The molecule has 0 bridgehead atoms. The summed E-state index contributed by atoms with van der Waals surface area (Å²) in [5, 5.41) is 0. The van der Waals surface area contributed by atoms with Crippen molar-refractivity contribution in [3.05, 3.63) is 17.8 Å². The summed E-state index contributed by atoms with van der Waals surface area (Å²) in [6.07, 6.45) is 1.89. The Kier molecular flexibility index (Phi) is 5.33. The molecule has 0 radical (unpaired) electrons. The Bertz CT molecular complexity index is 529. The van der Waals surface area contributed by atoms with Gasteiger partial charge in [-0.05, 0) is 31.4 Å². The van der Waals surface area contributed by atoms with Gasteiger partial charge in [0.15, 0.2) is 5.65 Å². The lowest BCUT2D eigenvalue weighted by molar-refractivity contribution is 0.350. The molecule has 0 saturated heterocycles. The SMILES string of the molecule is CC.COc1nc2ncc(C(C)C)cc2n1C(C)C. The molecule has 0 spiro atoms. The van der Waals surface area contributed by atoms with Gasteiger partial charge in [0.25, 0.3) is 6.01 Å². The number of ether oxygens (including phenoxy) is 1. The Hall–Kier alpha value is -1.58. The minimum Gasteiger partial charge on any atom is -0.468 e. The summed E-state index contributed by atoms with van der Waals surface area (Å²) < 4.78 is 7.38. The van der Waals surface area contributed by atoms with Gasteiger partial charge in [0, 0.05) is 12.2 Å². The van der Waals surface area contributed by atoms with Crippen LogP contribution in [-0.4, -0.2) is 21.6 Å². The molecule has 2 aromatic rings. The van der Waals surface area contributed by atoms with Crippen molar-refractivity contribution in [2.24, 2.45) is 0 Å². The first-order chi connectivity index (χ1) is 9.04. The second kappa shape index (κ2) is 6.55. The predicted molar refractivity (Wildman–Crippen MR) is 79.9 cm³/mol. The largest absolute Gasteiger partial charge is 0.468 e. The normalized spacial score (nSPS) is 10.8. The molecule has 0 aromatic carbocycles. The van der Waals surface area contributed by atoms with Crippen molar-refractivity contribution in [2.75, 3.05) is 7.11 Å². The maximum absolute atomic E-state index is 5.30. The number of imidazole rings is 1. The van der Waals surface area contributed by atoms with Crippen LogP contribution in [0, 0.1) is 0 Å². The van der Waals surface area contributed by atoms with Crippen molar-refractivity contribution in [1.29, 1.82) is 0 Å². The molecule has 106 valence electrons. The number of methoxy groups -OCH3 is 1. The van der Waals surface area contributed by atoms with Crippen LogP contribution in [0.2, 0.25) is 0 Å². The zero-order valence-corrected chi connectivity index (χ0v) is 13.1. The van der Waals surface area contributed by atoms with Crippen LogP contribution in [0.5, 0.6) is 6.01 Å². The highest BCUT2D eigenvalue weighted by Crippen LogP contribution is 2.26. The van der Waals surface area contributed by atoms with Crippen LogP contribution < -0.4 is 4.74 Å². The highest BCUT2D eigenvalue weighted by atomic mass is 16.5. The Morgan fingerprint density at radius 2 is 1.79 bits per heavy atom. The van der Waals surface area contributed by atoms with Crippen LogP contribution in [0.15, 0.2) is 12.3 Å². The molecule has 0 aliphatic heterocycles. The summed E-state index contributed by atoms with van der Waals surface area (Å²) in [6, 6.07) is 3.09. The predicted octanol–water partition coefficient (Wildman–Crippen LogP) is 4.17. The molecular formula is C15H25N3O. The van der Waals surface area contributed by atoms with E-state index in [1.54, 1.807) is 7.11 Å². The molecule has 4 nitrogen and oxygen atoms in total. The Morgan fingerprint density at radius 3 is 2.26 bits per heavy atom. The summed E-state index contributed by atoms with van der Waals surface area (Å²) in [4.78, 5) is 8.78. The second-order valence-corrected chi connectivity index (χ2v) is 4.83. The van der Waals surface area contributed by atoms with E-state index in [9.17, 15) is 0 Å². The highest BCUT2D eigenvalue weighted by Gasteiger charge is 2.15. The van der Waals surface area contributed by atoms with E-state index < -0.39 is 0 Å². The number of hydrogen-bond donors (Lipinski definition) is 0. The fourth-order valence-electron chi connectivity index (χ4n) is 1.93. The van der Waals surface area contributed by atoms with Gasteiger partial charge in [0.1, 0.15) is 0 Å². The van der Waals surface area contributed by atoms with Gasteiger partial charge in [-0.15, -0.1) is 0 Å². The van der Waals surface area contributed by atoms with E-state index in [1.165, 1.54) is 5.56 Å². The van der Waals surface area contributed by atoms with E-state index >= 15 is 0 Å². The van der Waals surface area contributed by atoms with Gasteiger partial charge in [-0.25, -0.2) is 4.98 Å². The lowest BCUT2D eigenvalue weighted by Gasteiger charge is -2.12. The number of rotatable bonds is 3. The van der Waals surface area contributed by atoms with Crippen molar-refractivity contribution in [3.63, 3.8) is 0 Å². The van der Waals surface area contributed by atoms with Crippen molar-refractivity contribution in [1.82, 2.24) is 14.5 Å². The smallest absolute Gasteiger partial charge is 0.298 e. The molecular weight excluding hydrogens is 238 g/mol. The maximum atomic E-state index is 5.30. The molecule has 2 aromatic heterocycles. The third-order valence-electron chi connectivity index (χ3n) is 2.90. The Morgan fingerprint density at radius 1 is 1.16 bits per heavy atom. The Labute approximate surface area is 115 Å². The molecule has 0 aliphatic carbocycles. The van der Waals surface area contributed by atoms with Gasteiger partial charge in [-0.2, -0.15) is 4.98 Å². The lowest BCUT2D eigenvalue weighted by Crippen LogP contribution is -2.03. The van der Waals surface area contributed by atoms with Crippen molar-refractivity contribution < 1.29 is 4.74 Å². The molecule has 0 N–H and O–H groups in total. The van der Waals surface area contributed by atoms with E-state index in [0.29, 0.717) is 18.0 Å². The molecule has 0 saturated carbocycles. The van der Waals surface area contributed by atoms with E-state index in [4.69, 9.17) is 4.74 Å². The first-order valence-corrected chi connectivity index (χ1v) is 6.96. The van der Waals surface area contributed by atoms with E-state index in [2.05, 4.69) is 48.3 Å². The molecule has 0 atom stereocenters. The maximum Gasteiger partial charge on any atom is 0.298 e. The molecule has 4 heteroatoms. The second-order valence-electron chi connectivity index (χ2n) is 4.83. The van der Waals surface area contributed by atoms with Gasteiger partial charge in [-0.3, -0.25) is 4.57 Å². The van der Waals surface area contributed by atoms with Gasteiger partial charge in [-0.1, -0.05) is 27.7 Å². The van der Waals surface area contributed by atoms with Crippen molar-refractivity contribution in [2.45, 2.75) is 53.5 Å². The van der Waals surface area contributed by atoms with Crippen LogP contribution in [-0.2, 0) is 0 Å². The zero-order valence-electron chi connectivity index (χ0n) is 13.1. The highest BCUT2D eigenvalue weighted by molar-refractivity contribution is 5.73. The van der Waals surface area contributed by atoms with Crippen molar-refractivity contribution >= 4 is 11.2 Å². The fraction of sp³-hybridized carbons (Fsp3) is 0.600. The van der Waals surface area contributed by atoms with Crippen LogP contribution in [0.25, 0.3) is 11.2 Å². The number of nitrogens with zero attached hydrogens (tertiary/aromatic N) is 3. The minimum atomic E-state index is 0.305. The molecule has 0 unspecified atom stereocenters. The summed E-state index contributed by atoms with van der Waals surface area (Å²) in [6.45, 7) is 12.6. The summed E-state index contributed by atoms with van der Waals surface area (Å²) >= 11 is 0. The average molecular weight is 263 g/mol. The van der Waals surface area contributed by atoms with E-state index in [1.807, 2.05) is 20.0 Å². The van der Waals surface area contributed by atoms with Crippen LogP contribution in [0.1, 0.15) is 59.1 Å². The summed E-state index contributed by atoms with van der Waals surface area (Å²) in [5.41, 5.74) is 3.02. The van der Waals surface area contributed by atoms with Gasteiger partial charge in [0.05, 0.1) is 12.6 Å². The van der Waals surface area contributed by atoms with Gasteiger partial charge in [0.2, 0.25) is 0 Å². The number of pyridine rings is 1. The molecule has 2 rings (SSSR count). The molecule has 2 heterocycles.